The van der Waals surface area contributed by atoms with Crippen LogP contribution in [0.1, 0.15) is 40.0 Å². The maximum Gasteiger partial charge on any atom is 0.133 e. The molecule has 0 aromatic rings. The van der Waals surface area contributed by atoms with E-state index in [4.69, 9.17) is 0 Å². The van der Waals surface area contributed by atoms with Gasteiger partial charge in [0.25, 0.3) is 0 Å². The highest BCUT2D eigenvalue weighted by atomic mass is 16.1. The van der Waals surface area contributed by atoms with Crippen LogP contribution >= 0.6 is 0 Å². The highest BCUT2D eigenvalue weighted by molar-refractivity contribution is 5.78. The quantitative estimate of drug-likeness (QED) is 0.556. The van der Waals surface area contributed by atoms with Crippen LogP contribution in [-0.4, -0.2) is 5.78 Å². The van der Waals surface area contributed by atoms with Gasteiger partial charge in [-0.3, -0.25) is 4.79 Å². The summed E-state index contributed by atoms with van der Waals surface area (Å²) in [5, 5.41) is 0. The van der Waals surface area contributed by atoms with Gasteiger partial charge in [0.15, 0.2) is 0 Å². The summed E-state index contributed by atoms with van der Waals surface area (Å²) in [4.78, 5) is 11.1. The van der Waals surface area contributed by atoms with Crippen LogP contribution in [0.15, 0.2) is 12.2 Å². The normalized spacial score (nSPS) is 10.2. The molecule has 0 spiro atoms. The van der Waals surface area contributed by atoms with Crippen molar-refractivity contribution in [3.63, 3.8) is 0 Å². The number of hydrogen-bond acceptors (Lipinski definition) is 1. The zero-order valence-corrected chi connectivity index (χ0v) is 7.81. The summed E-state index contributed by atoms with van der Waals surface area (Å²) in [7, 11) is 0. The van der Waals surface area contributed by atoms with E-state index in [1.54, 1.807) is 0 Å². The molecule has 0 N–H and O–H groups in total. The summed E-state index contributed by atoms with van der Waals surface area (Å²) in [5.41, 5.74) is 1.10. The van der Waals surface area contributed by atoms with Crippen molar-refractivity contribution in [2.24, 2.45) is 5.92 Å². The SMILES string of the molecule is C=C(C)CCC(=O)CC(C)C. The Morgan fingerprint density at radius 1 is 1.36 bits per heavy atom. The molecule has 0 unspecified atom stereocenters. The molecule has 0 radical (unpaired) electrons. The van der Waals surface area contributed by atoms with Crippen molar-refractivity contribution in [1.29, 1.82) is 0 Å². The summed E-state index contributed by atoms with van der Waals surface area (Å²) in [6.07, 6.45) is 2.24. The lowest BCUT2D eigenvalue weighted by atomic mass is 10.0. The highest BCUT2D eigenvalue weighted by Gasteiger charge is 2.03. The van der Waals surface area contributed by atoms with Crippen molar-refractivity contribution >= 4 is 5.78 Å². The van der Waals surface area contributed by atoms with E-state index in [0.717, 1.165) is 12.0 Å². The second-order valence-corrected chi connectivity index (χ2v) is 3.59. The lowest BCUT2D eigenvalue weighted by Gasteiger charge is -2.02. The maximum atomic E-state index is 11.1. The van der Waals surface area contributed by atoms with Gasteiger partial charge in [0.1, 0.15) is 5.78 Å². The van der Waals surface area contributed by atoms with Crippen molar-refractivity contribution < 1.29 is 4.79 Å². The number of allylic oxidation sites excluding steroid dienone is 1. The summed E-state index contributed by atoms with van der Waals surface area (Å²) >= 11 is 0. The molecule has 0 atom stereocenters. The lowest BCUT2D eigenvalue weighted by molar-refractivity contribution is -0.119. The molecule has 0 saturated heterocycles. The Kier molecular flexibility index (Phi) is 4.84. The van der Waals surface area contributed by atoms with E-state index in [0.29, 0.717) is 24.5 Å². The van der Waals surface area contributed by atoms with E-state index >= 15 is 0 Å². The van der Waals surface area contributed by atoms with Gasteiger partial charge in [0, 0.05) is 12.8 Å². The molecule has 0 aromatic carbocycles. The number of carbonyl (C=O) groups is 1. The molecule has 0 bridgehead atoms. The van der Waals surface area contributed by atoms with E-state index in [9.17, 15) is 4.79 Å². The first-order chi connectivity index (χ1) is 5.02. The fraction of sp³-hybridized carbons (Fsp3) is 0.700. The summed E-state index contributed by atoms with van der Waals surface area (Å²) in [6, 6.07) is 0. The zero-order chi connectivity index (χ0) is 8.85. The number of ketones is 1. The Bertz CT molecular complexity index is 145. The fourth-order valence-corrected chi connectivity index (χ4v) is 0.910. The molecule has 0 aliphatic carbocycles. The zero-order valence-electron chi connectivity index (χ0n) is 7.81. The predicted molar refractivity (Wildman–Crippen MR) is 48.5 cm³/mol. The Balaban J connectivity index is 3.45. The van der Waals surface area contributed by atoms with E-state index < -0.39 is 0 Å². The van der Waals surface area contributed by atoms with Gasteiger partial charge in [-0.1, -0.05) is 19.4 Å². The number of Topliss-reactive ketones (excluding diaryl/α,β-unsaturated/α-hetero) is 1. The van der Waals surface area contributed by atoms with Gasteiger partial charge in [0.05, 0.1) is 0 Å². The van der Waals surface area contributed by atoms with Crippen molar-refractivity contribution in [2.45, 2.75) is 40.0 Å². The van der Waals surface area contributed by atoms with Crippen LogP contribution in [0.5, 0.6) is 0 Å². The topological polar surface area (TPSA) is 17.1 Å². The maximum absolute atomic E-state index is 11.1. The molecule has 11 heavy (non-hydrogen) atoms. The van der Waals surface area contributed by atoms with Gasteiger partial charge in [0.2, 0.25) is 0 Å². The van der Waals surface area contributed by atoms with Crippen molar-refractivity contribution in [2.75, 3.05) is 0 Å². The van der Waals surface area contributed by atoms with Gasteiger partial charge < -0.3 is 0 Å². The molecule has 0 heterocycles. The largest absolute Gasteiger partial charge is 0.300 e. The second-order valence-electron chi connectivity index (χ2n) is 3.59. The van der Waals surface area contributed by atoms with Crippen molar-refractivity contribution in [3.05, 3.63) is 12.2 Å². The van der Waals surface area contributed by atoms with Crippen LogP contribution in [0.3, 0.4) is 0 Å². The van der Waals surface area contributed by atoms with Crippen LogP contribution < -0.4 is 0 Å². The molecule has 0 saturated carbocycles. The third-order valence-electron chi connectivity index (χ3n) is 1.47. The first-order valence-corrected chi connectivity index (χ1v) is 4.18. The summed E-state index contributed by atoms with van der Waals surface area (Å²) < 4.78 is 0. The Morgan fingerprint density at radius 3 is 2.27 bits per heavy atom. The van der Waals surface area contributed by atoms with Crippen molar-refractivity contribution in [1.82, 2.24) is 0 Å². The second kappa shape index (κ2) is 5.11. The van der Waals surface area contributed by atoms with Crippen LogP contribution in [0.4, 0.5) is 0 Å². The molecule has 0 rings (SSSR count). The van der Waals surface area contributed by atoms with E-state index in [2.05, 4.69) is 20.4 Å². The number of rotatable bonds is 5. The van der Waals surface area contributed by atoms with Crippen molar-refractivity contribution in [3.8, 4) is 0 Å². The molecule has 1 heteroatoms. The van der Waals surface area contributed by atoms with Gasteiger partial charge in [-0.25, -0.2) is 0 Å². The molecule has 1 nitrogen and oxygen atoms in total. The van der Waals surface area contributed by atoms with Gasteiger partial charge in [-0.2, -0.15) is 0 Å². The van der Waals surface area contributed by atoms with Gasteiger partial charge in [-0.05, 0) is 19.3 Å². The minimum absolute atomic E-state index is 0.364. The third-order valence-corrected chi connectivity index (χ3v) is 1.47. The number of hydrogen-bond donors (Lipinski definition) is 0. The molecule has 0 fully saturated rings. The molecule has 0 aliphatic rings. The minimum Gasteiger partial charge on any atom is -0.300 e. The van der Waals surface area contributed by atoms with Crippen LogP contribution in [0.2, 0.25) is 0 Å². The molecule has 0 aromatic heterocycles. The summed E-state index contributed by atoms with van der Waals surface area (Å²) in [6.45, 7) is 9.85. The Hall–Kier alpha value is -0.590. The van der Waals surface area contributed by atoms with Crippen LogP contribution in [0.25, 0.3) is 0 Å². The van der Waals surface area contributed by atoms with E-state index in [1.165, 1.54) is 0 Å². The highest BCUT2D eigenvalue weighted by Crippen LogP contribution is 2.07. The van der Waals surface area contributed by atoms with Gasteiger partial charge >= 0.3 is 0 Å². The van der Waals surface area contributed by atoms with Crippen LogP contribution in [0, 0.1) is 5.92 Å². The molecule has 64 valence electrons. The Morgan fingerprint density at radius 2 is 1.91 bits per heavy atom. The van der Waals surface area contributed by atoms with E-state index in [-0.39, 0.29) is 0 Å². The van der Waals surface area contributed by atoms with Crippen LogP contribution in [-0.2, 0) is 4.79 Å². The van der Waals surface area contributed by atoms with E-state index in [1.807, 2.05) is 6.92 Å². The minimum atomic E-state index is 0.364. The smallest absolute Gasteiger partial charge is 0.133 e. The number of carbonyl (C=O) groups excluding carboxylic acids is 1. The Labute approximate surface area is 69.5 Å². The average molecular weight is 154 g/mol. The third kappa shape index (κ3) is 7.31. The first-order valence-electron chi connectivity index (χ1n) is 4.18. The lowest BCUT2D eigenvalue weighted by Crippen LogP contribution is -2.02. The molecule has 0 aliphatic heterocycles. The fourth-order valence-electron chi connectivity index (χ4n) is 0.910. The molecular weight excluding hydrogens is 136 g/mol. The standard InChI is InChI=1S/C10H18O/c1-8(2)5-6-10(11)7-9(3)4/h9H,1,5-7H2,2-4H3. The predicted octanol–water partition coefficient (Wildman–Crippen LogP) is 2.96. The summed E-state index contributed by atoms with van der Waals surface area (Å²) in [5.74, 6) is 0.857. The molecule has 0 amide bonds. The monoisotopic (exact) mass is 154 g/mol. The van der Waals surface area contributed by atoms with Gasteiger partial charge in [-0.15, -0.1) is 6.58 Å². The molecular formula is C10H18O. The first kappa shape index (κ1) is 10.4. The average Bonchev–Trinajstić information content (AvgIpc) is 1.82.